The summed E-state index contributed by atoms with van der Waals surface area (Å²) in [6.07, 6.45) is 3.90. The molecule has 5 nitrogen and oxygen atoms in total. The van der Waals surface area contributed by atoms with E-state index in [0.29, 0.717) is 25.7 Å². The lowest BCUT2D eigenvalue weighted by Crippen LogP contribution is -2.58. The Morgan fingerprint density at radius 2 is 2.00 bits per heavy atom. The van der Waals surface area contributed by atoms with Crippen LogP contribution in [0.3, 0.4) is 0 Å². The standard InChI is InChI=1S/C21H30O5/c1-20-6-5-11(23)7-15(20)16(24)8-12-13-3-4-14(18(26)10-22)21(13,2)9-17(25)19(12)20/h7,12-14,16,18-19,22,24,26H,3-6,8-10H2,1-2H3/t12-,13-,14+,16+,18?,19+,20-,21-/m0/s1. The molecule has 0 amide bonds. The molecule has 26 heavy (non-hydrogen) atoms. The first-order valence-corrected chi connectivity index (χ1v) is 9.97. The molecule has 4 aliphatic rings. The zero-order chi connectivity index (χ0) is 18.9. The number of hydrogen-bond donors (Lipinski definition) is 3. The van der Waals surface area contributed by atoms with E-state index in [1.54, 1.807) is 6.08 Å². The summed E-state index contributed by atoms with van der Waals surface area (Å²) in [6.45, 7) is 3.87. The molecule has 3 N–H and O–H groups in total. The topological polar surface area (TPSA) is 94.8 Å². The molecule has 0 heterocycles. The van der Waals surface area contributed by atoms with E-state index >= 15 is 0 Å². The Labute approximate surface area is 154 Å². The van der Waals surface area contributed by atoms with E-state index in [4.69, 9.17) is 0 Å². The van der Waals surface area contributed by atoms with Crippen LogP contribution < -0.4 is 0 Å². The number of carbonyl (C=O) groups is 2. The fraction of sp³-hybridized carbons (Fsp3) is 0.810. The lowest BCUT2D eigenvalue weighted by molar-refractivity contribution is -0.152. The van der Waals surface area contributed by atoms with Crippen molar-refractivity contribution >= 4 is 11.6 Å². The summed E-state index contributed by atoms with van der Waals surface area (Å²) in [7, 11) is 0. The van der Waals surface area contributed by atoms with Crippen LogP contribution in [0.5, 0.6) is 0 Å². The molecular weight excluding hydrogens is 332 g/mol. The predicted octanol–water partition coefficient (Wildman–Crippen LogP) is 1.64. The van der Waals surface area contributed by atoms with Gasteiger partial charge in [0.05, 0.1) is 18.8 Å². The summed E-state index contributed by atoms with van der Waals surface area (Å²) in [5.41, 5.74) is 0.0155. The molecule has 0 spiro atoms. The molecule has 0 bridgehead atoms. The summed E-state index contributed by atoms with van der Waals surface area (Å²) in [5, 5.41) is 30.6. The molecule has 0 saturated heterocycles. The van der Waals surface area contributed by atoms with Crippen molar-refractivity contribution in [3.8, 4) is 0 Å². The largest absolute Gasteiger partial charge is 0.394 e. The maximum atomic E-state index is 13.3. The fourth-order valence-corrected chi connectivity index (χ4v) is 7.24. The second-order valence-electron chi connectivity index (χ2n) is 9.57. The summed E-state index contributed by atoms with van der Waals surface area (Å²) >= 11 is 0. The first-order valence-electron chi connectivity index (χ1n) is 9.97. The van der Waals surface area contributed by atoms with Crippen LogP contribution in [-0.4, -0.2) is 45.7 Å². The third-order valence-electron chi connectivity index (χ3n) is 8.39. The lowest BCUT2D eigenvalue weighted by atomic mass is 9.45. The van der Waals surface area contributed by atoms with Crippen LogP contribution in [0, 0.1) is 34.5 Å². The van der Waals surface area contributed by atoms with Crippen LogP contribution in [-0.2, 0) is 9.59 Å². The fourth-order valence-electron chi connectivity index (χ4n) is 7.24. The highest BCUT2D eigenvalue weighted by molar-refractivity contribution is 5.93. The van der Waals surface area contributed by atoms with E-state index in [9.17, 15) is 24.9 Å². The zero-order valence-electron chi connectivity index (χ0n) is 15.6. The van der Waals surface area contributed by atoms with E-state index in [0.717, 1.165) is 18.4 Å². The van der Waals surface area contributed by atoms with Gasteiger partial charge in [-0.3, -0.25) is 9.59 Å². The molecule has 4 rings (SSSR count). The third kappa shape index (κ3) is 2.33. The monoisotopic (exact) mass is 362 g/mol. The van der Waals surface area contributed by atoms with Crippen molar-refractivity contribution < 1.29 is 24.9 Å². The minimum Gasteiger partial charge on any atom is -0.394 e. The average Bonchev–Trinajstić information content (AvgIpc) is 2.92. The van der Waals surface area contributed by atoms with Crippen molar-refractivity contribution in [1.82, 2.24) is 0 Å². The van der Waals surface area contributed by atoms with Gasteiger partial charge < -0.3 is 15.3 Å². The molecule has 4 aliphatic carbocycles. The highest BCUT2D eigenvalue weighted by atomic mass is 16.3. The van der Waals surface area contributed by atoms with Crippen molar-refractivity contribution in [3.63, 3.8) is 0 Å². The maximum Gasteiger partial charge on any atom is 0.155 e. The summed E-state index contributed by atoms with van der Waals surface area (Å²) in [5.74, 6) is 0.394. The maximum absolute atomic E-state index is 13.3. The SMILES string of the molecule is C[C@]12CC(=O)[C@H]3[C@@H](C[C@@H](O)C4=CC(=O)CC[C@@]43C)[C@@H]1CC[C@@H]2C(O)CO. The summed E-state index contributed by atoms with van der Waals surface area (Å²) in [4.78, 5) is 25.3. The minimum atomic E-state index is -0.791. The van der Waals surface area contributed by atoms with Crippen LogP contribution in [0.2, 0.25) is 0 Å². The van der Waals surface area contributed by atoms with Gasteiger partial charge in [0.15, 0.2) is 5.78 Å². The molecular formula is C21H30O5. The molecule has 3 saturated carbocycles. The molecule has 0 aromatic carbocycles. The van der Waals surface area contributed by atoms with Crippen LogP contribution in [0.1, 0.15) is 52.4 Å². The van der Waals surface area contributed by atoms with Crippen LogP contribution in [0.4, 0.5) is 0 Å². The van der Waals surface area contributed by atoms with Gasteiger partial charge in [-0.15, -0.1) is 0 Å². The third-order valence-corrected chi connectivity index (χ3v) is 8.39. The number of rotatable bonds is 2. The van der Waals surface area contributed by atoms with Crippen LogP contribution in [0.25, 0.3) is 0 Å². The van der Waals surface area contributed by atoms with E-state index in [-0.39, 0.29) is 47.3 Å². The van der Waals surface area contributed by atoms with Crippen molar-refractivity contribution in [2.75, 3.05) is 6.61 Å². The number of aliphatic hydroxyl groups excluding tert-OH is 3. The second kappa shape index (κ2) is 5.98. The van der Waals surface area contributed by atoms with Gasteiger partial charge in [0, 0.05) is 24.2 Å². The Hall–Kier alpha value is -1.04. The van der Waals surface area contributed by atoms with E-state index < -0.39 is 17.6 Å². The first kappa shape index (κ1) is 18.3. The first-order chi connectivity index (χ1) is 12.2. The van der Waals surface area contributed by atoms with Gasteiger partial charge in [-0.25, -0.2) is 0 Å². The number of fused-ring (bicyclic) bond motifs is 5. The molecule has 5 heteroatoms. The van der Waals surface area contributed by atoms with Crippen molar-refractivity contribution in [2.45, 2.75) is 64.6 Å². The number of Topliss-reactive ketones (excluding diaryl/α,β-unsaturated/α-hetero) is 1. The predicted molar refractivity (Wildman–Crippen MR) is 95.1 cm³/mol. The minimum absolute atomic E-state index is 0.0510. The number of carbonyl (C=O) groups excluding carboxylic acids is 2. The van der Waals surface area contributed by atoms with Gasteiger partial charge in [-0.2, -0.15) is 0 Å². The van der Waals surface area contributed by atoms with Gasteiger partial charge in [0.1, 0.15) is 5.78 Å². The van der Waals surface area contributed by atoms with Gasteiger partial charge in [0.2, 0.25) is 0 Å². The average molecular weight is 362 g/mol. The Morgan fingerprint density at radius 3 is 2.69 bits per heavy atom. The number of ketones is 2. The highest BCUT2D eigenvalue weighted by Gasteiger charge is 2.64. The molecule has 8 atom stereocenters. The van der Waals surface area contributed by atoms with E-state index in [1.165, 1.54) is 0 Å². The Bertz CT molecular complexity index is 669. The number of hydrogen-bond acceptors (Lipinski definition) is 5. The Kier molecular flexibility index (Phi) is 4.22. The molecule has 3 fully saturated rings. The van der Waals surface area contributed by atoms with Crippen LogP contribution in [0.15, 0.2) is 11.6 Å². The normalized spacial score (nSPS) is 49.1. The van der Waals surface area contributed by atoms with Crippen molar-refractivity contribution in [3.05, 3.63) is 11.6 Å². The molecule has 0 aromatic heterocycles. The Morgan fingerprint density at radius 1 is 1.27 bits per heavy atom. The van der Waals surface area contributed by atoms with Gasteiger partial charge in [-0.1, -0.05) is 13.8 Å². The summed E-state index contributed by atoms with van der Waals surface area (Å²) < 4.78 is 0. The molecule has 0 aromatic rings. The molecule has 144 valence electrons. The smallest absolute Gasteiger partial charge is 0.155 e. The molecule has 0 aliphatic heterocycles. The highest BCUT2D eigenvalue weighted by Crippen LogP contribution is 2.65. The zero-order valence-corrected chi connectivity index (χ0v) is 15.6. The van der Waals surface area contributed by atoms with Gasteiger partial charge in [0.25, 0.3) is 0 Å². The van der Waals surface area contributed by atoms with Gasteiger partial charge in [-0.05, 0) is 60.5 Å². The van der Waals surface area contributed by atoms with E-state index in [2.05, 4.69) is 13.8 Å². The number of aliphatic hydroxyl groups is 3. The second-order valence-corrected chi connectivity index (χ2v) is 9.57. The van der Waals surface area contributed by atoms with E-state index in [1.807, 2.05) is 0 Å². The lowest BCUT2D eigenvalue weighted by Gasteiger charge is -2.58. The quantitative estimate of drug-likeness (QED) is 0.694. The van der Waals surface area contributed by atoms with Crippen molar-refractivity contribution in [1.29, 1.82) is 0 Å². The van der Waals surface area contributed by atoms with Crippen LogP contribution >= 0.6 is 0 Å². The molecule has 0 radical (unpaired) electrons. The Balaban J connectivity index is 1.74. The van der Waals surface area contributed by atoms with Crippen molar-refractivity contribution in [2.24, 2.45) is 34.5 Å². The summed E-state index contributed by atoms with van der Waals surface area (Å²) in [6, 6.07) is 0. The van der Waals surface area contributed by atoms with Gasteiger partial charge >= 0.3 is 0 Å². The molecule has 1 unspecified atom stereocenters.